The van der Waals surface area contributed by atoms with Gasteiger partial charge in [-0.1, -0.05) is 30.3 Å². The minimum absolute atomic E-state index is 0.0467. The second-order valence-corrected chi connectivity index (χ2v) is 3.47. The average Bonchev–Trinajstić information content (AvgIpc) is 2.62. The van der Waals surface area contributed by atoms with E-state index >= 15 is 0 Å². The van der Waals surface area contributed by atoms with Crippen LogP contribution in [0, 0.1) is 5.92 Å². The summed E-state index contributed by atoms with van der Waals surface area (Å²) < 4.78 is 5.00. The predicted octanol–water partition coefficient (Wildman–Crippen LogP) is 1.38. The first-order valence-corrected chi connectivity index (χ1v) is 4.65. The lowest BCUT2D eigenvalue weighted by atomic mass is 9.95. The molecule has 15 heavy (non-hydrogen) atoms. The van der Waals surface area contributed by atoms with Crippen LogP contribution in [0.4, 0.5) is 0 Å². The van der Waals surface area contributed by atoms with Crippen molar-refractivity contribution in [3.8, 4) is 0 Å². The molecule has 0 unspecified atom stereocenters. The van der Waals surface area contributed by atoms with E-state index < -0.39 is 24.0 Å². The number of rotatable bonds is 2. The van der Waals surface area contributed by atoms with Gasteiger partial charge in [-0.2, -0.15) is 0 Å². The summed E-state index contributed by atoms with van der Waals surface area (Å²) in [6.45, 7) is 0. The Bertz CT molecular complexity index is 385. The van der Waals surface area contributed by atoms with Gasteiger partial charge in [0.15, 0.2) is 0 Å². The van der Waals surface area contributed by atoms with Gasteiger partial charge in [-0.25, -0.2) is 0 Å². The lowest BCUT2D eigenvalue weighted by Crippen LogP contribution is -2.17. The van der Waals surface area contributed by atoms with Gasteiger partial charge in [-0.05, 0) is 5.56 Å². The summed E-state index contributed by atoms with van der Waals surface area (Å²) in [5, 5.41) is 8.93. The molecular weight excluding hydrogens is 196 g/mol. The van der Waals surface area contributed by atoms with Gasteiger partial charge in [0.1, 0.15) is 12.0 Å². The Morgan fingerprint density at radius 2 is 2.00 bits per heavy atom. The number of cyclic esters (lactones) is 1. The van der Waals surface area contributed by atoms with Crippen molar-refractivity contribution < 1.29 is 19.4 Å². The van der Waals surface area contributed by atoms with E-state index in [-0.39, 0.29) is 6.42 Å². The standard InChI is InChI=1S/C11H10O4/c12-9-6-8(11(13)14)10(15-9)7-4-2-1-3-5-7/h1-5,8,10H,6H2,(H,13,14)/t8-,10-/m0/s1. The van der Waals surface area contributed by atoms with Crippen molar-refractivity contribution in [2.45, 2.75) is 12.5 Å². The number of hydrogen-bond donors (Lipinski definition) is 1. The average molecular weight is 206 g/mol. The highest BCUT2D eigenvalue weighted by molar-refractivity contribution is 5.82. The van der Waals surface area contributed by atoms with E-state index in [9.17, 15) is 9.59 Å². The van der Waals surface area contributed by atoms with E-state index in [4.69, 9.17) is 9.84 Å². The van der Waals surface area contributed by atoms with Crippen LogP contribution in [-0.4, -0.2) is 17.0 Å². The minimum Gasteiger partial charge on any atom is -0.481 e. The van der Waals surface area contributed by atoms with Crippen LogP contribution in [0.15, 0.2) is 30.3 Å². The zero-order valence-electron chi connectivity index (χ0n) is 7.92. The van der Waals surface area contributed by atoms with Gasteiger partial charge in [0.2, 0.25) is 0 Å². The van der Waals surface area contributed by atoms with Crippen LogP contribution >= 0.6 is 0 Å². The van der Waals surface area contributed by atoms with Crippen molar-refractivity contribution in [3.63, 3.8) is 0 Å². The summed E-state index contributed by atoms with van der Waals surface area (Å²) in [6, 6.07) is 8.94. The number of carbonyl (C=O) groups excluding carboxylic acids is 1. The van der Waals surface area contributed by atoms with Gasteiger partial charge in [0.25, 0.3) is 0 Å². The Labute approximate surface area is 86.5 Å². The summed E-state index contributed by atoms with van der Waals surface area (Å²) in [6.07, 6.45) is -0.689. The van der Waals surface area contributed by atoms with Crippen LogP contribution in [-0.2, 0) is 14.3 Å². The Balaban J connectivity index is 2.28. The molecule has 1 aliphatic heterocycles. The Morgan fingerprint density at radius 3 is 2.60 bits per heavy atom. The fourth-order valence-corrected chi connectivity index (χ4v) is 1.72. The SMILES string of the molecule is O=C1C[C@H](C(=O)O)[C@H](c2ccccc2)O1. The van der Waals surface area contributed by atoms with Crippen molar-refractivity contribution in [3.05, 3.63) is 35.9 Å². The normalized spacial score (nSPS) is 24.9. The lowest BCUT2D eigenvalue weighted by molar-refractivity contribution is -0.144. The van der Waals surface area contributed by atoms with Crippen molar-refractivity contribution in [1.29, 1.82) is 0 Å². The molecule has 1 aromatic carbocycles. The largest absolute Gasteiger partial charge is 0.481 e. The summed E-state index contributed by atoms with van der Waals surface area (Å²) in [5.74, 6) is -2.20. The molecule has 1 fully saturated rings. The van der Waals surface area contributed by atoms with Crippen molar-refractivity contribution >= 4 is 11.9 Å². The van der Waals surface area contributed by atoms with Crippen LogP contribution in [0.3, 0.4) is 0 Å². The van der Waals surface area contributed by atoms with E-state index in [1.165, 1.54) is 0 Å². The van der Waals surface area contributed by atoms with Gasteiger partial charge in [-0.3, -0.25) is 9.59 Å². The third-order valence-corrected chi connectivity index (χ3v) is 2.46. The van der Waals surface area contributed by atoms with Gasteiger partial charge < -0.3 is 9.84 Å². The molecule has 4 heteroatoms. The number of esters is 1. The van der Waals surface area contributed by atoms with E-state index in [1.54, 1.807) is 24.3 Å². The summed E-state index contributed by atoms with van der Waals surface area (Å²) in [4.78, 5) is 22.0. The molecule has 0 radical (unpaired) electrons. The maximum atomic E-state index is 11.1. The molecule has 78 valence electrons. The Morgan fingerprint density at radius 1 is 1.33 bits per heavy atom. The molecule has 2 atom stereocenters. The predicted molar refractivity (Wildman–Crippen MR) is 51.0 cm³/mol. The highest BCUT2D eigenvalue weighted by Gasteiger charge is 2.40. The van der Waals surface area contributed by atoms with Gasteiger partial charge in [-0.15, -0.1) is 0 Å². The molecule has 0 amide bonds. The lowest BCUT2D eigenvalue weighted by Gasteiger charge is -2.13. The number of carboxylic acids is 1. The molecule has 0 spiro atoms. The number of benzene rings is 1. The van der Waals surface area contributed by atoms with Crippen LogP contribution in [0.2, 0.25) is 0 Å². The number of carboxylic acid groups (broad SMARTS) is 1. The number of hydrogen-bond acceptors (Lipinski definition) is 3. The van der Waals surface area contributed by atoms with E-state index in [2.05, 4.69) is 0 Å². The first-order valence-electron chi connectivity index (χ1n) is 4.65. The molecule has 1 heterocycles. The molecule has 1 aliphatic rings. The van der Waals surface area contributed by atoms with Gasteiger partial charge in [0.05, 0.1) is 6.42 Å². The molecule has 0 aliphatic carbocycles. The molecule has 1 aromatic rings. The van der Waals surface area contributed by atoms with Crippen LogP contribution in [0.5, 0.6) is 0 Å². The molecule has 1 saturated heterocycles. The second-order valence-electron chi connectivity index (χ2n) is 3.47. The molecule has 0 saturated carbocycles. The number of ether oxygens (including phenoxy) is 1. The zero-order chi connectivity index (χ0) is 10.8. The third kappa shape index (κ3) is 1.83. The molecule has 4 nitrogen and oxygen atoms in total. The first kappa shape index (κ1) is 9.71. The number of carbonyl (C=O) groups is 2. The highest BCUT2D eigenvalue weighted by Crippen LogP contribution is 2.35. The topological polar surface area (TPSA) is 63.6 Å². The molecule has 2 rings (SSSR count). The van der Waals surface area contributed by atoms with Crippen LogP contribution in [0.1, 0.15) is 18.1 Å². The summed E-state index contributed by atoms with van der Waals surface area (Å²) in [7, 11) is 0. The first-order chi connectivity index (χ1) is 7.18. The van der Waals surface area contributed by atoms with Gasteiger partial charge >= 0.3 is 11.9 Å². The quantitative estimate of drug-likeness (QED) is 0.742. The summed E-state index contributed by atoms with van der Waals surface area (Å²) >= 11 is 0. The zero-order valence-corrected chi connectivity index (χ0v) is 7.92. The number of aliphatic carboxylic acids is 1. The smallest absolute Gasteiger partial charge is 0.311 e. The van der Waals surface area contributed by atoms with E-state index in [1.807, 2.05) is 6.07 Å². The Kier molecular flexibility index (Phi) is 2.41. The summed E-state index contributed by atoms with van der Waals surface area (Å²) in [5.41, 5.74) is 0.732. The van der Waals surface area contributed by atoms with Crippen molar-refractivity contribution in [1.82, 2.24) is 0 Å². The molecule has 0 bridgehead atoms. The fourth-order valence-electron chi connectivity index (χ4n) is 1.72. The molecule has 0 aromatic heterocycles. The maximum absolute atomic E-state index is 11.1. The monoisotopic (exact) mass is 206 g/mol. The molecule has 1 N–H and O–H groups in total. The van der Waals surface area contributed by atoms with Crippen LogP contribution < -0.4 is 0 Å². The van der Waals surface area contributed by atoms with Crippen molar-refractivity contribution in [2.75, 3.05) is 0 Å². The van der Waals surface area contributed by atoms with Crippen molar-refractivity contribution in [2.24, 2.45) is 5.92 Å². The van der Waals surface area contributed by atoms with E-state index in [0.717, 1.165) is 5.56 Å². The fraction of sp³-hybridized carbons (Fsp3) is 0.273. The minimum atomic E-state index is -0.991. The second kappa shape index (κ2) is 3.73. The van der Waals surface area contributed by atoms with Crippen LogP contribution in [0.25, 0.3) is 0 Å². The highest BCUT2D eigenvalue weighted by atomic mass is 16.6. The van der Waals surface area contributed by atoms with Gasteiger partial charge in [0, 0.05) is 0 Å². The van der Waals surface area contributed by atoms with E-state index in [0.29, 0.717) is 0 Å². The maximum Gasteiger partial charge on any atom is 0.311 e. The molecular formula is C11H10O4. The Hall–Kier alpha value is -1.84. The third-order valence-electron chi connectivity index (χ3n) is 2.46.